The predicted octanol–water partition coefficient (Wildman–Crippen LogP) is 3.89. The lowest BCUT2D eigenvalue weighted by atomic mass is 10.1. The molecule has 0 aliphatic heterocycles. The summed E-state index contributed by atoms with van der Waals surface area (Å²) in [5, 5.41) is 0.964. The fourth-order valence-corrected chi connectivity index (χ4v) is 3.26. The Labute approximate surface area is 131 Å². The second-order valence-electron chi connectivity index (χ2n) is 5.61. The number of nitrogens with two attached hydrogens (primary N) is 1. The quantitative estimate of drug-likeness (QED) is 0.687. The van der Waals surface area contributed by atoms with Gasteiger partial charge in [-0.3, -0.25) is 0 Å². The van der Waals surface area contributed by atoms with Crippen LogP contribution in [-0.2, 0) is 0 Å². The Balaban J connectivity index is 2.30. The maximum Gasteiger partial charge on any atom is 0.188 e. The Bertz CT molecular complexity index is 597. The van der Waals surface area contributed by atoms with Gasteiger partial charge in [-0.2, -0.15) is 0 Å². The van der Waals surface area contributed by atoms with Crippen LogP contribution in [0.3, 0.4) is 0 Å². The summed E-state index contributed by atoms with van der Waals surface area (Å²) in [6, 6.07) is 8.56. The third-order valence-corrected chi connectivity index (χ3v) is 5.08. The SMILES string of the molecule is Cc1ccc(C(Sc2nc(C)c(C)c(C)n2)C(C)N)cc1. The van der Waals surface area contributed by atoms with E-state index in [1.165, 1.54) is 11.1 Å². The molecule has 0 bridgehead atoms. The van der Waals surface area contributed by atoms with Crippen LogP contribution in [-0.4, -0.2) is 16.0 Å². The number of benzene rings is 1. The van der Waals surface area contributed by atoms with E-state index in [1.54, 1.807) is 11.8 Å². The average Bonchev–Trinajstić information content (AvgIpc) is 2.43. The molecule has 0 aliphatic carbocycles. The number of thioether (sulfide) groups is 1. The number of aromatic nitrogens is 2. The fourth-order valence-electron chi connectivity index (χ4n) is 2.14. The monoisotopic (exact) mass is 301 g/mol. The number of rotatable bonds is 4. The highest BCUT2D eigenvalue weighted by atomic mass is 32.2. The zero-order valence-electron chi connectivity index (χ0n) is 13.3. The van der Waals surface area contributed by atoms with Crippen LogP contribution in [0.15, 0.2) is 29.4 Å². The Morgan fingerprint density at radius 3 is 1.95 bits per heavy atom. The summed E-state index contributed by atoms with van der Waals surface area (Å²) in [7, 11) is 0. The highest BCUT2D eigenvalue weighted by Gasteiger charge is 2.20. The van der Waals surface area contributed by atoms with Gasteiger partial charge < -0.3 is 5.73 Å². The summed E-state index contributed by atoms with van der Waals surface area (Å²) < 4.78 is 0. The van der Waals surface area contributed by atoms with Crippen LogP contribution in [0, 0.1) is 27.7 Å². The molecular weight excluding hydrogens is 278 g/mol. The standard InChI is InChI=1S/C17H23N3S/c1-10-6-8-15(9-7-10)16(12(3)18)21-17-19-13(4)11(2)14(5)20-17/h6-9,12,16H,18H2,1-5H3. The Morgan fingerprint density at radius 1 is 0.952 bits per heavy atom. The Hall–Kier alpha value is -1.39. The molecule has 2 unspecified atom stereocenters. The van der Waals surface area contributed by atoms with Crippen molar-refractivity contribution < 1.29 is 0 Å². The molecule has 0 fully saturated rings. The molecule has 0 aliphatic rings. The molecule has 2 rings (SSSR count). The normalized spacial score (nSPS) is 14.0. The molecule has 2 N–H and O–H groups in total. The van der Waals surface area contributed by atoms with Gasteiger partial charge in [0.05, 0.1) is 5.25 Å². The highest BCUT2D eigenvalue weighted by Crippen LogP contribution is 2.35. The molecule has 1 heterocycles. The molecule has 2 aromatic rings. The Morgan fingerprint density at radius 2 is 1.48 bits per heavy atom. The summed E-state index contributed by atoms with van der Waals surface area (Å²) in [5.74, 6) is 0. The van der Waals surface area contributed by atoms with Crippen molar-refractivity contribution in [3.63, 3.8) is 0 Å². The molecule has 1 aromatic heterocycles. The zero-order valence-corrected chi connectivity index (χ0v) is 14.2. The average molecular weight is 301 g/mol. The van der Waals surface area contributed by atoms with Crippen LogP contribution in [0.25, 0.3) is 0 Å². The van der Waals surface area contributed by atoms with E-state index in [4.69, 9.17) is 5.73 Å². The van der Waals surface area contributed by atoms with E-state index in [9.17, 15) is 0 Å². The van der Waals surface area contributed by atoms with Gasteiger partial charge in [0.2, 0.25) is 0 Å². The van der Waals surface area contributed by atoms with E-state index < -0.39 is 0 Å². The summed E-state index contributed by atoms with van der Waals surface area (Å²) in [6.07, 6.45) is 0. The van der Waals surface area contributed by atoms with Gasteiger partial charge in [-0.25, -0.2) is 9.97 Å². The number of hydrogen-bond donors (Lipinski definition) is 1. The summed E-state index contributed by atoms with van der Waals surface area (Å²) in [4.78, 5) is 9.19. The van der Waals surface area contributed by atoms with Crippen LogP contribution in [0.2, 0.25) is 0 Å². The van der Waals surface area contributed by atoms with Crippen molar-refractivity contribution in [3.05, 3.63) is 52.3 Å². The smallest absolute Gasteiger partial charge is 0.188 e. The first-order chi connectivity index (χ1) is 9.88. The minimum Gasteiger partial charge on any atom is -0.327 e. The molecule has 112 valence electrons. The van der Waals surface area contributed by atoms with Crippen LogP contribution in [0.4, 0.5) is 0 Å². The second kappa shape index (κ2) is 6.58. The third-order valence-electron chi connectivity index (χ3n) is 3.73. The van der Waals surface area contributed by atoms with Crippen LogP contribution in [0.1, 0.15) is 40.3 Å². The van der Waals surface area contributed by atoms with Crippen molar-refractivity contribution in [2.24, 2.45) is 5.73 Å². The number of nitrogens with zero attached hydrogens (tertiary/aromatic N) is 2. The van der Waals surface area contributed by atoms with Crippen LogP contribution in [0.5, 0.6) is 0 Å². The first-order valence-corrected chi connectivity index (χ1v) is 8.07. The number of aryl methyl sites for hydroxylation is 3. The lowest BCUT2D eigenvalue weighted by Crippen LogP contribution is -2.23. The molecule has 4 heteroatoms. The maximum absolute atomic E-state index is 6.18. The first kappa shape index (κ1) is 16.0. The Kier molecular flexibility index (Phi) is 5.01. The van der Waals surface area contributed by atoms with Crippen LogP contribution >= 0.6 is 11.8 Å². The minimum absolute atomic E-state index is 0.0308. The lowest BCUT2D eigenvalue weighted by Gasteiger charge is -2.20. The summed E-state index contributed by atoms with van der Waals surface area (Å²) >= 11 is 1.65. The molecule has 1 aromatic carbocycles. The third kappa shape index (κ3) is 3.83. The van der Waals surface area contributed by atoms with Gasteiger partial charge in [-0.1, -0.05) is 41.6 Å². The zero-order chi connectivity index (χ0) is 15.6. The van der Waals surface area contributed by atoms with Crippen LogP contribution < -0.4 is 5.73 Å². The van der Waals surface area contributed by atoms with Gasteiger partial charge in [0.1, 0.15) is 0 Å². The molecule has 2 atom stereocenters. The molecule has 0 saturated carbocycles. The van der Waals surface area contributed by atoms with Gasteiger partial charge in [-0.05, 0) is 45.7 Å². The van der Waals surface area contributed by atoms with Gasteiger partial charge in [0.15, 0.2) is 5.16 Å². The van der Waals surface area contributed by atoms with Crippen molar-refractivity contribution >= 4 is 11.8 Å². The van der Waals surface area contributed by atoms with Crippen molar-refractivity contribution in [2.75, 3.05) is 0 Å². The van der Waals surface area contributed by atoms with E-state index in [2.05, 4.69) is 48.1 Å². The highest BCUT2D eigenvalue weighted by molar-refractivity contribution is 7.99. The van der Waals surface area contributed by atoms with E-state index in [0.29, 0.717) is 0 Å². The summed E-state index contributed by atoms with van der Waals surface area (Å²) in [6.45, 7) is 10.2. The van der Waals surface area contributed by atoms with E-state index in [-0.39, 0.29) is 11.3 Å². The molecule has 3 nitrogen and oxygen atoms in total. The van der Waals surface area contributed by atoms with Crippen molar-refractivity contribution in [3.8, 4) is 0 Å². The number of hydrogen-bond acceptors (Lipinski definition) is 4. The largest absolute Gasteiger partial charge is 0.327 e. The van der Waals surface area contributed by atoms with Gasteiger partial charge in [0.25, 0.3) is 0 Å². The molecule has 0 radical (unpaired) electrons. The molecular formula is C17H23N3S. The summed E-state index contributed by atoms with van der Waals surface area (Å²) in [5.41, 5.74) is 11.9. The van der Waals surface area contributed by atoms with Gasteiger partial charge in [0, 0.05) is 17.4 Å². The molecule has 0 spiro atoms. The second-order valence-corrected chi connectivity index (χ2v) is 6.72. The van der Waals surface area contributed by atoms with Crippen molar-refractivity contribution in [1.29, 1.82) is 0 Å². The first-order valence-electron chi connectivity index (χ1n) is 7.19. The topological polar surface area (TPSA) is 51.8 Å². The molecule has 0 amide bonds. The predicted molar refractivity (Wildman–Crippen MR) is 89.7 cm³/mol. The van der Waals surface area contributed by atoms with E-state index in [0.717, 1.165) is 22.1 Å². The van der Waals surface area contributed by atoms with E-state index in [1.807, 2.05) is 20.8 Å². The maximum atomic E-state index is 6.18. The fraction of sp³-hybridized carbons (Fsp3) is 0.412. The minimum atomic E-state index is 0.0308. The van der Waals surface area contributed by atoms with Crippen molar-refractivity contribution in [2.45, 2.75) is 51.1 Å². The molecule has 0 saturated heterocycles. The van der Waals surface area contributed by atoms with Gasteiger partial charge >= 0.3 is 0 Å². The molecule has 21 heavy (non-hydrogen) atoms. The lowest BCUT2D eigenvalue weighted by molar-refractivity contribution is 0.716. The van der Waals surface area contributed by atoms with Gasteiger partial charge in [-0.15, -0.1) is 0 Å². The van der Waals surface area contributed by atoms with E-state index >= 15 is 0 Å². The van der Waals surface area contributed by atoms with Crippen molar-refractivity contribution in [1.82, 2.24) is 9.97 Å².